The summed E-state index contributed by atoms with van der Waals surface area (Å²) in [6, 6.07) is 19.2. The highest BCUT2D eigenvalue weighted by atomic mass is 16.7. The molecule has 2 aromatic rings. The number of methoxy groups -OCH3 is 2. The fourth-order valence-corrected chi connectivity index (χ4v) is 2.93. The zero-order valence-corrected chi connectivity index (χ0v) is 18.5. The Bertz CT molecular complexity index is 794. The summed E-state index contributed by atoms with van der Waals surface area (Å²) in [6.45, 7) is -2.19. The lowest BCUT2D eigenvalue weighted by atomic mass is 10.1. The van der Waals surface area contributed by atoms with Gasteiger partial charge in [-0.05, 0) is 11.1 Å². The fourth-order valence-electron chi connectivity index (χ4n) is 2.93. The molecule has 0 aliphatic heterocycles. The third-order valence-electron chi connectivity index (χ3n) is 4.44. The zero-order valence-electron chi connectivity index (χ0n) is 20.5. The number of rotatable bonds is 17. The second-order valence-corrected chi connectivity index (χ2v) is 6.81. The fraction of sp³-hybridized carbons (Fsp3) is 0.440. The van der Waals surface area contributed by atoms with Crippen molar-refractivity contribution in [3.8, 4) is 0 Å². The van der Waals surface area contributed by atoms with Gasteiger partial charge in [-0.15, -0.1) is 0 Å². The van der Waals surface area contributed by atoms with Gasteiger partial charge in [0.2, 0.25) is 0 Å². The Morgan fingerprint density at radius 1 is 0.844 bits per heavy atom. The number of ether oxygens (including phenoxy) is 6. The van der Waals surface area contributed by atoms with Gasteiger partial charge in [0.15, 0.2) is 0 Å². The van der Waals surface area contributed by atoms with Crippen molar-refractivity contribution in [2.75, 3.05) is 41.0 Å². The summed E-state index contributed by atoms with van der Waals surface area (Å²) in [7, 11) is 2.72. The van der Waals surface area contributed by atoms with Gasteiger partial charge in [0, 0.05) is 14.2 Å². The predicted octanol–water partition coefficient (Wildman–Crippen LogP) is 3.32. The normalized spacial score (nSPS) is 17.3. The van der Waals surface area contributed by atoms with Crippen LogP contribution in [0.25, 0.3) is 0 Å². The van der Waals surface area contributed by atoms with Crippen molar-refractivity contribution in [2.45, 2.75) is 31.5 Å². The van der Waals surface area contributed by atoms with E-state index < -0.39 is 31.8 Å². The maximum Gasteiger partial charge on any atom is 0.147 e. The lowest BCUT2D eigenvalue weighted by Crippen LogP contribution is -2.45. The third-order valence-corrected chi connectivity index (χ3v) is 4.44. The lowest BCUT2D eigenvalue weighted by Gasteiger charge is -2.32. The molecule has 32 heavy (non-hydrogen) atoms. The molecule has 7 heteroatoms. The molecule has 0 bridgehead atoms. The smallest absolute Gasteiger partial charge is 0.147 e. The van der Waals surface area contributed by atoms with Crippen LogP contribution in [-0.4, -0.2) is 64.4 Å². The van der Waals surface area contributed by atoms with E-state index in [4.69, 9.17) is 31.2 Å². The van der Waals surface area contributed by atoms with Crippen LogP contribution >= 0.6 is 0 Å². The van der Waals surface area contributed by atoms with Gasteiger partial charge in [-0.1, -0.05) is 72.8 Å². The molecule has 5 atom stereocenters. The number of hydrogen-bond donors (Lipinski definition) is 1. The van der Waals surface area contributed by atoms with Crippen LogP contribution in [0.15, 0.2) is 72.8 Å². The quantitative estimate of drug-likeness (QED) is 0.294. The average Bonchev–Trinajstić information content (AvgIpc) is 2.87. The summed E-state index contributed by atoms with van der Waals surface area (Å²) >= 11 is 0. The van der Waals surface area contributed by atoms with Gasteiger partial charge >= 0.3 is 0 Å². The van der Waals surface area contributed by atoms with Crippen molar-refractivity contribution in [1.29, 1.82) is 0 Å². The van der Waals surface area contributed by atoms with Crippen LogP contribution in [0.4, 0.5) is 0 Å². The molecule has 0 radical (unpaired) electrons. The van der Waals surface area contributed by atoms with Gasteiger partial charge in [-0.25, -0.2) is 0 Å². The highest BCUT2D eigenvalue weighted by Crippen LogP contribution is 2.18. The van der Waals surface area contributed by atoms with E-state index in [1.165, 1.54) is 20.3 Å². The third kappa shape index (κ3) is 10.0. The monoisotopic (exact) mass is 448 g/mol. The Labute approximate surface area is 193 Å². The standard InChI is InChI=1S/C25H34O7/c1-27-19-31-23(14-9-15-26)25(30-17-22-12-7-4-8-13-22)24(32-20-28-2)18-29-16-21-10-5-3-6-11-21/h3-14,23-26H,15-20H2,1-2H3/b14-9+/t23-,24-,25+/m1/s1/i19D,20D/t19?,20?,23-,24-,25+. The molecule has 2 aromatic carbocycles. The molecule has 0 amide bonds. The van der Waals surface area contributed by atoms with Gasteiger partial charge in [0.1, 0.15) is 31.8 Å². The van der Waals surface area contributed by atoms with Crippen LogP contribution in [0.3, 0.4) is 0 Å². The Morgan fingerprint density at radius 2 is 1.44 bits per heavy atom. The van der Waals surface area contributed by atoms with Crippen molar-refractivity contribution in [2.24, 2.45) is 0 Å². The molecule has 0 saturated carbocycles. The first kappa shape index (κ1) is 23.1. The minimum atomic E-state index is -1.30. The molecule has 2 unspecified atom stereocenters. The number of aliphatic hydroxyl groups is 1. The van der Waals surface area contributed by atoms with Gasteiger partial charge in [-0.3, -0.25) is 0 Å². The number of aliphatic hydroxyl groups excluding tert-OH is 1. The molecule has 7 nitrogen and oxygen atoms in total. The van der Waals surface area contributed by atoms with Crippen LogP contribution in [0.2, 0.25) is 0 Å². The van der Waals surface area contributed by atoms with Gasteiger partial charge in [-0.2, -0.15) is 0 Å². The maximum atomic E-state index is 9.32. The zero-order chi connectivity index (χ0) is 24.6. The van der Waals surface area contributed by atoms with Crippen molar-refractivity contribution in [3.63, 3.8) is 0 Å². The van der Waals surface area contributed by atoms with E-state index in [-0.39, 0.29) is 19.8 Å². The van der Waals surface area contributed by atoms with E-state index in [1.54, 1.807) is 6.08 Å². The first-order chi connectivity index (χ1) is 16.6. The molecule has 1 N–H and O–H groups in total. The molecular weight excluding hydrogens is 412 g/mol. The minimum absolute atomic E-state index is 0.0650. The summed E-state index contributed by atoms with van der Waals surface area (Å²) < 4.78 is 49.4. The van der Waals surface area contributed by atoms with Crippen LogP contribution in [0.5, 0.6) is 0 Å². The van der Waals surface area contributed by atoms with E-state index in [9.17, 15) is 5.11 Å². The maximum absolute atomic E-state index is 9.32. The van der Waals surface area contributed by atoms with Crippen LogP contribution in [-0.2, 0) is 41.6 Å². The second-order valence-electron chi connectivity index (χ2n) is 6.81. The van der Waals surface area contributed by atoms with E-state index in [0.29, 0.717) is 6.61 Å². The molecular formula is C25H34O7. The molecule has 0 spiro atoms. The Kier molecular flexibility index (Phi) is 11.9. The van der Waals surface area contributed by atoms with E-state index >= 15 is 0 Å². The van der Waals surface area contributed by atoms with Crippen molar-refractivity contribution < 1.29 is 36.3 Å². The lowest BCUT2D eigenvalue weighted by molar-refractivity contribution is -0.191. The molecule has 2 rings (SSSR count). The van der Waals surface area contributed by atoms with E-state index in [0.717, 1.165) is 11.1 Å². The summed E-state index contributed by atoms with van der Waals surface area (Å²) in [5.41, 5.74) is 1.90. The molecule has 0 aliphatic carbocycles. The molecule has 0 fully saturated rings. The van der Waals surface area contributed by atoms with Gasteiger partial charge in [0.05, 0.1) is 29.2 Å². The topological polar surface area (TPSA) is 75.6 Å². The first-order valence-corrected chi connectivity index (χ1v) is 10.3. The summed E-state index contributed by atoms with van der Waals surface area (Å²) in [4.78, 5) is 0. The van der Waals surface area contributed by atoms with Gasteiger partial charge in [0.25, 0.3) is 0 Å². The first-order valence-electron chi connectivity index (χ1n) is 11.5. The molecule has 0 aromatic heterocycles. The molecule has 0 aliphatic rings. The van der Waals surface area contributed by atoms with Crippen LogP contribution in [0, 0.1) is 0 Å². The highest BCUT2D eigenvalue weighted by molar-refractivity contribution is 5.14. The highest BCUT2D eigenvalue weighted by Gasteiger charge is 2.31. The number of benzene rings is 2. The average molecular weight is 449 g/mol. The van der Waals surface area contributed by atoms with Gasteiger partial charge < -0.3 is 33.5 Å². The number of hydrogen-bond acceptors (Lipinski definition) is 7. The van der Waals surface area contributed by atoms with Crippen LogP contribution in [0.1, 0.15) is 13.9 Å². The minimum Gasteiger partial charge on any atom is -0.392 e. The summed E-state index contributed by atoms with van der Waals surface area (Å²) in [6.07, 6.45) is 0.613. The molecule has 176 valence electrons. The van der Waals surface area contributed by atoms with Crippen molar-refractivity contribution >= 4 is 0 Å². The Balaban J connectivity index is 2.26. The predicted molar refractivity (Wildman–Crippen MR) is 121 cm³/mol. The summed E-state index contributed by atoms with van der Waals surface area (Å²) in [5.74, 6) is 0. The SMILES string of the molecule is [2H]C(OC)O[C@H](/C=C/CO)[C@H](OCc1ccccc1)[C@@H](COCc1ccccc1)OC([2H])OC. The van der Waals surface area contributed by atoms with E-state index in [1.807, 2.05) is 60.7 Å². The molecule has 0 heterocycles. The second kappa shape index (κ2) is 16.5. The Morgan fingerprint density at radius 3 is 2.03 bits per heavy atom. The van der Waals surface area contributed by atoms with Crippen molar-refractivity contribution in [1.82, 2.24) is 0 Å². The van der Waals surface area contributed by atoms with Crippen LogP contribution < -0.4 is 0 Å². The van der Waals surface area contributed by atoms with Crippen molar-refractivity contribution in [3.05, 3.63) is 83.9 Å². The summed E-state index contributed by atoms with van der Waals surface area (Å²) in [5, 5.41) is 9.32. The Hall–Kier alpha value is -2.10. The van der Waals surface area contributed by atoms with E-state index in [2.05, 4.69) is 0 Å². The molecule has 0 saturated heterocycles. The largest absolute Gasteiger partial charge is 0.392 e.